The lowest BCUT2D eigenvalue weighted by atomic mass is 10.3. The molecule has 0 heterocycles. The zero-order valence-corrected chi connectivity index (χ0v) is 15.7. The molecular formula is C14H26N4O4S2. The van der Waals surface area contributed by atoms with E-state index in [-0.39, 0.29) is 10.6 Å². The number of hydrazine groups is 2. The average molecular weight is 379 g/mol. The average Bonchev–Trinajstić information content (AvgIpc) is 2.53. The number of nitrogens with one attached hydrogen (secondary N) is 2. The van der Waals surface area contributed by atoms with Crippen LogP contribution in [0.5, 0.6) is 0 Å². The van der Waals surface area contributed by atoms with E-state index in [4.69, 9.17) is 5.73 Å². The summed E-state index contributed by atoms with van der Waals surface area (Å²) in [4.78, 5) is -0.359. The quantitative estimate of drug-likeness (QED) is 0.229. The summed E-state index contributed by atoms with van der Waals surface area (Å²) in [5, 5.41) is 0. The number of hydrogen-bond donors (Lipinski definition) is 3. The van der Waals surface area contributed by atoms with Gasteiger partial charge in [-0.05, 0) is 31.0 Å². The van der Waals surface area contributed by atoms with Crippen LogP contribution in [0.25, 0.3) is 0 Å². The summed E-state index contributed by atoms with van der Waals surface area (Å²) in [5.41, 5.74) is 11.0. The van der Waals surface area contributed by atoms with Crippen molar-refractivity contribution in [3.8, 4) is 0 Å². The standard InChI is InChI=1S/C14H26N4O4S2/c1-3-5-10-16-18(17-11-6-4-2)24(21,22)23(19,20)14-9-7-8-13(15)12-14/h7-9,12,16-17H,3-6,10-11,15H2,1-2H3. The fraction of sp³-hybridized carbons (Fsp3) is 0.571. The lowest BCUT2D eigenvalue weighted by Gasteiger charge is -2.23. The summed E-state index contributed by atoms with van der Waals surface area (Å²) in [6.07, 6.45) is 3.11. The monoisotopic (exact) mass is 378 g/mol. The summed E-state index contributed by atoms with van der Waals surface area (Å²) in [5.74, 6) is 0. The largest absolute Gasteiger partial charge is 0.399 e. The molecule has 1 aromatic carbocycles. The molecule has 1 rings (SSSR count). The molecule has 0 bridgehead atoms. The minimum Gasteiger partial charge on any atom is -0.399 e. The van der Waals surface area contributed by atoms with Crippen molar-refractivity contribution in [2.75, 3.05) is 18.8 Å². The Bertz CT molecular complexity index is 710. The van der Waals surface area contributed by atoms with Gasteiger partial charge in [-0.2, -0.15) is 8.42 Å². The number of benzene rings is 1. The van der Waals surface area contributed by atoms with Gasteiger partial charge in [0.2, 0.25) is 0 Å². The van der Waals surface area contributed by atoms with Crippen LogP contribution in [0.2, 0.25) is 0 Å². The second kappa shape index (κ2) is 9.33. The van der Waals surface area contributed by atoms with Crippen molar-refractivity contribution >= 4 is 23.6 Å². The third-order valence-corrected chi connectivity index (χ3v) is 8.00. The van der Waals surface area contributed by atoms with E-state index in [1.165, 1.54) is 18.2 Å². The van der Waals surface area contributed by atoms with Crippen molar-refractivity contribution < 1.29 is 16.8 Å². The number of hydrogen-bond acceptors (Lipinski definition) is 7. The zero-order chi connectivity index (χ0) is 18.2. The van der Waals surface area contributed by atoms with E-state index in [9.17, 15) is 16.8 Å². The predicted octanol–water partition coefficient (Wildman–Crippen LogP) is 1.20. The molecule has 0 unspecified atom stereocenters. The van der Waals surface area contributed by atoms with Crippen molar-refractivity contribution in [2.45, 2.75) is 44.4 Å². The number of nitrogens with zero attached hydrogens (tertiary/aromatic N) is 1. The minimum atomic E-state index is -4.70. The Morgan fingerprint density at radius 1 is 1.00 bits per heavy atom. The zero-order valence-electron chi connectivity index (χ0n) is 14.0. The molecule has 0 atom stereocenters. The van der Waals surface area contributed by atoms with Crippen molar-refractivity contribution in [3.63, 3.8) is 0 Å². The number of rotatable bonds is 11. The van der Waals surface area contributed by atoms with Crippen LogP contribution >= 0.6 is 0 Å². The van der Waals surface area contributed by atoms with E-state index in [1.807, 2.05) is 13.8 Å². The van der Waals surface area contributed by atoms with Crippen molar-refractivity contribution in [2.24, 2.45) is 0 Å². The Hall–Kier alpha value is -1.20. The maximum absolute atomic E-state index is 12.6. The van der Waals surface area contributed by atoms with Gasteiger partial charge in [-0.3, -0.25) is 0 Å². The summed E-state index contributed by atoms with van der Waals surface area (Å²) in [6, 6.07) is 5.22. The van der Waals surface area contributed by atoms with E-state index in [0.29, 0.717) is 30.5 Å². The van der Waals surface area contributed by atoms with Crippen molar-refractivity contribution in [3.05, 3.63) is 24.3 Å². The van der Waals surface area contributed by atoms with Crippen molar-refractivity contribution in [1.29, 1.82) is 0 Å². The molecule has 8 nitrogen and oxygen atoms in total. The number of nitrogen functional groups attached to an aromatic ring is 1. The predicted molar refractivity (Wildman–Crippen MR) is 94.6 cm³/mol. The first-order valence-electron chi connectivity index (χ1n) is 7.90. The molecular weight excluding hydrogens is 352 g/mol. The summed E-state index contributed by atoms with van der Waals surface area (Å²) < 4.78 is 51.0. The fourth-order valence-electron chi connectivity index (χ4n) is 1.82. The number of anilines is 1. The molecule has 0 saturated heterocycles. The minimum absolute atomic E-state index is 0.177. The smallest absolute Gasteiger partial charge is 0.350 e. The van der Waals surface area contributed by atoms with Gasteiger partial charge in [0.1, 0.15) is 0 Å². The van der Waals surface area contributed by atoms with Gasteiger partial charge in [0, 0.05) is 18.8 Å². The van der Waals surface area contributed by atoms with Crippen LogP contribution in [0.15, 0.2) is 29.2 Å². The lowest BCUT2D eigenvalue weighted by Crippen LogP contribution is -2.54. The summed E-state index contributed by atoms with van der Waals surface area (Å²) >= 11 is 0. The maximum Gasteiger partial charge on any atom is 0.350 e. The van der Waals surface area contributed by atoms with Crippen LogP contribution in [-0.4, -0.2) is 34.4 Å². The molecule has 24 heavy (non-hydrogen) atoms. The molecule has 0 aliphatic rings. The molecule has 0 fully saturated rings. The second-order valence-corrected chi connectivity index (χ2v) is 10.5. The third-order valence-electron chi connectivity index (χ3n) is 3.22. The van der Waals surface area contributed by atoms with E-state index in [1.54, 1.807) is 0 Å². The Labute approximate surface area is 143 Å². The Balaban J connectivity index is 3.12. The van der Waals surface area contributed by atoms with Gasteiger partial charge in [0.25, 0.3) is 8.87 Å². The van der Waals surface area contributed by atoms with E-state index in [0.717, 1.165) is 18.9 Å². The molecule has 4 N–H and O–H groups in total. The first-order chi connectivity index (χ1) is 11.3. The lowest BCUT2D eigenvalue weighted by molar-refractivity contribution is 0.236. The molecule has 0 aliphatic heterocycles. The molecule has 10 heteroatoms. The van der Waals surface area contributed by atoms with Crippen LogP contribution in [0.1, 0.15) is 39.5 Å². The molecule has 0 aromatic heterocycles. The summed E-state index contributed by atoms with van der Waals surface area (Å²) in [7, 11) is -9.34. The summed E-state index contributed by atoms with van der Waals surface area (Å²) in [6.45, 7) is 4.58. The molecule has 0 aliphatic carbocycles. The SMILES string of the molecule is CCCCNN(NCCCC)S(=O)(=O)S(=O)(=O)c1cccc(N)c1. The number of unbranched alkanes of at least 4 members (excludes halogenated alkanes) is 2. The molecule has 0 saturated carbocycles. The molecule has 138 valence electrons. The third kappa shape index (κ3) is 5.15. The molecule has 0 amide bonds. The van der Waals surface area contributed by atoms with Crippen LogP contribution in [0, 0.1) is 0 Å². The fourth-order valence-corrected chi connectivity index (χ4v) is 5.23. The molecule has 0 spiro atoms. The highest BCUT2D eigenvalue weighted by atomic mass is 33.2. The van der Waals surface area contributed by atoms with Gasteiger partial charge in [0.05, 0.1) is 4.90 Å². The van der Waals surface area contributed by atoms with Gasteiger partial charge in [-0.15, -0.1) is 0 Å². The van der Waals surface area contributed by atoms with Gasteiger partial charge < -0.3 is 5.73 Å². The van der Waals surface area contributed by atoms with Crippen LogP contribution in [-0.2, 0) is 17.9 Å². The number of nitrogens with two attached hydrogens (primary N) is 1. The Morgan fingerprint density at radius 2 is 1.54 bits per heavy atom. The highest BCUT2D eigenvalue weighted by Crippen LogP contribution is 2.21. The molecule has 0 radical (unpaired) electrons. The van der Waals surface area contributed by atoms with Gasteiger partial charge in [-0.1, -0.05) is 37.3 Å². The van der Waals surface area contributed by atoms with Crippen LogP contribution in [0.3, 0.4) is 0 Å². The normalized spacial score (nSPS) is 12.6. The first-order valence-corrected chi connectivity index (χ1v) is 11.3. The van der Waals surface area contributed by atoms with E-state index >= 15 is 0 Å². The Kier molecular flexibility index (Phi) is 8.10. The van der Waals surface area contributed by atoms with Crippen LogP contribution < -0.4 is 16.6 Å². The Morgan fingerprint density at radius 3 is 2.00 bits per heavy atom. The topological polar surface area (TPSA) is 122 Å². The van der Waals surface area contributed by atoms with Gasteiger partial charge in [-0.25, -0.2) is 19.3 Å². The van der Waals surface area contributed by atoms with Gasteiger partial charge in [0.15, 0.2) is 0 Å². The van der Waals surface area contributed by atoms with Crippen LogP contribution in [0.4, 0.5) is 5.69 Å². The first kappa shape index (κ1) is 20.8. The maximum atomic E-state index is 12.6. The highest BCUT2D eigenvalue weighted by molar-refractivity contribution is 8.66. The van der Waals surface area contributed by atoms with Crippen molar-refractivity contribution in [1.82, 2.24) is 15.4 Å². The van der Waals surface area contributed by atoms with Gasteiger partial charge >= 0.3 is 9.06 Å². The molecule has 1 aromatic rings. The second-order valence-electron chi connectivity index (χ2n) is 5.27. The highest BCUT2D eigenvalue weighted by Gasteiger charge is 2.38. The van der Waals surface area contributed by atoms with E-state index < -0.39 is 17.9 Å². The van der Waals surface area contributed by atoms with E-state index in [2.05, 4.69) is 10.9 Å².